The summed E-state index contributed by atoms with van der Waals surface area (Å²) in [4.78, 5) is 22.1. The summed E-state index contributed by atoms with van der Waals surface area (Å²) < 4.78 is 11.9. The second-order valence-electron chi connectivity index (χ2n) is 8.53. The van der Waals surface area contributed by atoms with E-state index >= 15 is 0 Å². The molecule has 5 rings (SSSR count). The normalized spacial score (nSPS) is 13.8. The molecular weight excluding hydrogens is 466 g/mol. The fraction of sp³-hybridized carbons (Fsp3) is 0.308. The first-order valence-corrected chi connectivity index (χ1v) is 12.9. The number of anilines is 1. The molecule has 0 saturated carbocycles. The number of hydrogen-bond acceptors (Lipinski definition) is 7. The van der Waals surface area contributed by atoms with E-state index in [1.165, 1.54) is 10.4 Å². The molecule has 1 amide bonds. The van der Waals surface area contributed by atoms with Gasteiger partial charge in [0.25, 0.3) is 5.91 Å². The zero-order valence-corrected chi connectivity index (χ0v) is 21.3. The highest BCUT2D eigenvalue weighted by Crippen LogP contribution is 2.46. The maximum atomic E-state index is 13.4. The van der Waals surface area contributed by atoms with E-state index in [4.69, 9.17) is 14.5 Å². The molecule has 1 N–H and O–H groups in total. The van der Waals surface area contributed by atoms with E-state index in [0.29, 0.717) is 23.1 Å². The van der Waals surface area contributed by atoms with Crippen LogP contribution in [0.15, 0.2) is 42.5 Å². The molecule has 0 bridgehead atoms. The average molecular weight is 494 g/mol. The summed E-state index contributed by atoms with van der Waals surface area (Å²) in [6.45, 7) is 6.34. The summed E-state index contributed by atoms with van der Waals surface area (Å²) in [7, 11) is 3.15. The molecule has 4 aromatic rings. The lowest BCUT2D eigenvalue weighted by Crippen LogP contribution is -2.35. The standard InChI is InChI=1S/C26H27N3O3S2/c1-15(2)29-12-11-18-22(14-29)34-26(23(18)25-27-19-7-5-6-8-21(19)33-25)28-24(30)17-10-9-16(31-3)13-20(17)32-4/h5-10,13,15H,11-12,14H2,1-4H3,(H,28,30). The Balaban J connectivity index is 1.57. The Labute approximate surface area is 207 Å². The number of nitrogens with zero attached hydrogens (tertiary/aromatic N) is 2. The number of ether oxygens (including phenoxy) is 2. The van der Waals surface area contributed by atoms with E-state index in [9.17, 15) is 4.79 Å². The fourth-order valence-electron chi connectivity index (χ4n) is 4.31. The maximum Gasteiger partial charge on any atom is 0.260 e. The summed E-state index contributed by atoms with van der Waals surface area (Å²) >= 11 is 3.33. The van der Waals surface area contributed by atoms with Crippen molar-refractivity contribution in [2.45, 2.75) is 32.9 Å². The van der Waals surface area contributed by atoms with Crippen LogP contribution in [-0.2, 0) is 13.0 Å². The smallest absolute Gasteiger partial charge is 0.260 e. The van der Waals surface area contributed by atoms with Crippen molar-refractivity contribution in [3.8, 4) is 22.1 Å². The Morgan fingerprint density at radius 1 is 1.12 bits per heavy atom. The predicted octanol–water partition coefficient (Wildman–Crippen LogP) is 6.06. The van der Waals surface area contributed by atoms with Crippen LogP contribution in [0, 0.1) is 0 Å². The second kappa shape index (κ2) is 9.37. The Kier molecular flexibility index (Phi) is 6.29. The number of methoxy groups -OCH3 is 2. The predicted molar refractivity (Wildman–Crippen MR) is 140 cm³/mol. The van der Waals surface area contributed by atoms with Crippen LogP contribution in [0.3, 0.4) is 0 Å². The quantitative estimate of drug-likeness (QED) is 0.354. The molecule has 0 aliphatic carbocycles. The summed E-state index contributed by atoms with van der Waals surface area (Å²) in [5, 5.41) is 4.99. The third kappa shape index (κ3) is 4.17. The van der Waals surface area contributed by atoms with Crippen LogP contribution < -0.4 is 14.8 Å². The molecule has 3 heterocycles. The molecule has 34 heavy (non-hydrogen) atoms. The third-order valence-electron chi connectivity index (χ3n) is 6.20. The molecule has 0 spiro atoms. The topological polar surface area (TPSA) is 63.7 Å². The molecule has 2 aromatic carbocycles. The number of fused-ring (bicyclic) bond motifs is 2. The Morgan fingerprint density at radius 2 is 1.94 bits per heavy atom. The number of carbonyl (C=O) groups is 1. The molecule has 0 atom stereocenters. The minimum Gasteiger partial charge on any atom is -0.497 e. The van der Waals surface area contributed by atoms with Crippen LogP contribution in [0.4, 0.5) is 5.00 Å². The van der Waals surface area contributed by atoms with E-state index in [-0.39, 0.29) is 5.91 Å². The number of benzene rings is 2. The van der Waals surface area contributed by atoms with Crippen LogP contribution in [0.25, 0.3) is 20.8 Å². The van der Waals surface area contributed by atoms with Crippen LogP contribution in [0.1, 0.15) is 34.6 Å². The highest BCUT2D eigenvalue weighted by atomic mass is 32.1. The van der Waals surface area contributed by atoms with Crippen molar-refractivity contribution in [3.05, 3.63) is 58.5 Å². The number of thiophene rings is 1. The van der Waals surface area contributed by atoms with Gasteiger partial charge in [0, 0.05) is 35.6 Å². The van der Waals surface area contributed by atoms with Crippen LogP contribution in [0.2, 0.25) is 0 Å². The Morgan fingerprint density at radius 3 is 2.68 bits per heavy atom. The van der Waals surface area contributed by atoms with Crippen molar-refractivity contribution in [3.63, 3.8) is 0 Å². The summed E-state index contributed by atoms with van der Waals surface area (Å²) in [6, 6.07) is 13.9. The van der Waals surface area contributed by atoms with Gasteiger partial charge in [0.1, 0.15) is 21.5 Å². The Bertz CT molecular complexity index is 1330. The van der Waals surface area contributed by atoms with E-state index < -0.39 is 0 Å². The second-order valence-corrected chi connectivity index (χ2v) is 10.7. The number of nitrogens with one attached hydrogen (secondary N) is 1. The molecule has 1 aliphatic heterocycles. The van der Waals surface area contributed by atoms with Crippen LogP contribution in [-0.4, -0.2) is 42.6 Å². The lowest BCUT2D eigenvalue weighted by Gasteiger charge is -2.30. The Hall–Kier alpha value is -2.94. The van der Waals surface area contributed by atoms with Gasteiger partial charge in [-0.3, -0.25) is 9.69 Å². The average Bonchev–Trinajstić information content (AvgIpc) is 3.43. The van der Waals surface area contributed by atoms with Gasteiger partial charge in [0.2, 0.25) is 0 Å². The van der Waals surface area contributed by atoms with E-state index in [2.05, 4.69) is 30.1 Å². The zero-order chi connectivity index (χ0) is 23.8. The lowest BCUT2D eigenvalue weighted by molar-refractivity contribution is 0.102. The molecule has 1 aliphatic rings. The highest BCUT2D eigenvalue weighted by Gasteiger charge is 2.29. The fourth-order valence-corrected chi connectivity index (χ4v) is 6.69. The first-order valence-electron chi connectivity index (χ1n) is 11.3. The monoisotopic (exact) mass is 493 g/mol. The number of rotatable bonds is 6. The molecular formula is C26H27N3O3S2. The number of hydrogen-bond donors (Lipinski definition) is 1. The number of para-hydroxylation sites is 1. The van der Waals surface area contributed by atoms with Crippen molar-refractivity contribution >= 4 is 43.8 Å². The van der Waals surface area contributed by atoms with Crippen molar-refractivity contribution in [2.75, 3.05) is 26.1 Å². The SMILES string of the molecule is COc1ccc(C(=O)Nc2sc3c(c2-c2nc4ccccc4s2)CCN(C(C)C)C3)c(OC)c1. The molecule has 0 radical (unpaired) electrons. The van der Waals surface area contributed by atoms with E-state index in [0.717, 1.165) is 45.3 Å². The molecule has 0 fully saturated rings. The molecule has 8 heteroatoms. The summed E-state index contributed by atoms with van der Waals surface area (Å²) in [5.41, 5.74) is 3.81. The van der Waals surface area contributed by atoms with E-state index in [1.54, 1.807) is 55.1 Å². The van der Waals surface area contributed by atoms with Crippen molar-refractivity contribution in [2.24, 2.45) is 0 Å². The lowest BCUT2D eigenvalue weighted by atomic mass is 10.0. The van der Waals surface area contributed by atoms with Gasteiger partial charge in [-0.25, -0.2) is 4.98 Å². The van der Waals surface area contributed by atoms with Crippen LogP contribution >= 0.6 is 22.7 Å². The number of thiazole rings is 1. The van der Waals surface area contributed by atoms with Gasteiger partial charge in [-0.05, 0) is 50.1 Å². The van der Waals surface area contributed by atoms with Crippen molar-refractivity contribution < 1.29 is 14.3 Å². The van der Waals surface area contributed by atoms with Crippen molar-refractivity contribution in [1.82, 2.24) is 9.88 Å². The van der Waals surface area contributed by atoms with Crippen LogP contribution in [0.5, 0.6) is 11.5 Å². The number of carbonyl (C=O) groups excluding carboxylic acids is 1. The molecule has 176 valence electrons. The zero-order valence-electron chi connectivity index (χ0n) is 19.7. The van der Waals surface area contributed by atoms with Gasteiger partial charge in [0.05, 0.1) is 30.0 Å². The van der Waals surface area contributed by atoms with Gasteiger partial charge in [-0.1, -0.05) is 12.1 Å². The summed E-state index contributed by atoms with van der Waals surface area (Å²) in [5.74, 6) is 0.913. The minimum atomic E-state index is -0.207. The third-order valence-corrected chi connectivity index (χ3v) is 8.39. The first kappa shape index (κ1) is 22.8. The number of amides is 1. The van der Waals surface area contributed by atoms with E-state index in [1.807, 2.05) is 18.2 Å². The van der Waals surface area contributed by atoms with Gasteiger partial charge < -0.3 is 14.8 Å². The van der Waals surface area contributed by atoms with Gasteiger partial charge in [-0.2, -0.15) is 0 Å². The van der Waals surface area contributed by atoms with Gasteiger partial charge >= 0.3 is 0 Å². The first-order chi connectivity index (χ1) is 16.5. The van der Waals surface area contributed by atoms with Gasteiger partial charge in [-0.15, -0.1) is 22.7 Å². The molecule has 6 nitrogen and oxygen atoms in total. The molecule has 2 aromatic heterocycles. The highest BCUT2D eigenvalue weighted by molar-refractivity contribution is 7.23. The number of aromatic nitrogens is 1. The maximum absolute atomic E-state index is 13.4. The molecule has 0 saturated heterocycles. The minimum absolute atomic E-state index is 0.207. The largest absolute Gasteiger partial charge is 0.497 e. The molecule has 0 unspecified atom stereocenters. The summed E-state index contributed by atoms with van der Waals surface area (Å²) in [6.07, 6.45) is 0.941. The van der Waals surface area contributed by atoms with Gasteiger partial charge in [0.15, 0.2) is 0 Å². The van der Waals surface area contributed by atoms with Crippen molar-refractivity contribution in [1.29, 1.82) is 0 Å².